The minimum atomic E-state index is -2.72. The lowest BCUT2D eigenvalue weighted by atomic mass is 10.0. The van der Waals surface area contributed by atoms with Gasteiger partial charge in [-0.2, -0.15) is 0 Å². The molecule has 40 heavy (non-hydrogen) atoms. The minimum absolute atomic E-state index is 0.0150. The smallest absolute Gasteiger partial charge is 0.255 e. The van der Waals surface area contributed by atoms with E-state index in [0.29, 0.717) is 34.2 Å². The third kappa shape index (κ3) is 6.09. The summed E-state index contributed by atoms with van der Waals surface area (Å²) in [5.41, 5.74) is 8.50. The Balaban J connectivity index is 1.27. The normalized spacial score (nSPS) is 14.9. The number of hydrogen-bond donors (Lipinski definition) is 2. The Kier molecular flexibility index (Phi) is 7.45. The van der Waals surface area contributed by atoms with Gasteiger partial charge in [0.05, 0.1) is 24.9 Å². The average molecular weight is 548 g/mol. The number of methoxy groups -OCH3 is 1. The first-order valence-corrected chi connectivity index (χ1v) is 12.6. The standard InChI is InChI=1S/C29H27F2N5O4/c1-39-24-14-20(23-5-4-19(16-33-23)28(38)36-10-8-29(30,31)9-11-36)12-21-13-22(40-27(21)24)17-35-26(37)7-3-18-2-6-25(32)34-15-18/h2-7,12-16H,8-11,17H2,1H3,(H2,32,34)(H,35,37)/b7-3+. The molecule has 0 saturated carbocycles. The minimum Gasteiger partial charge on any atom is -0.493 e. The number of rotatable bonds is 7. The maximum absolute atomic E-state index is 13.4. The Morgan fingerprint density at radius 3 is 2.60 bits per heavy atom. The van der Waals surface area contributed by atoms with Gasteiger partial charge in [-0.1, -0.05) is 0 Å². The first kappa shape index (κ1) is 26.8. The third-order valence-corrected chi connectivity index (χ3v) is 6.61. The van der Waals surface area contributed by atoms with Crippen LogP contribution >= 0.6 is 0 Å². The number of carbonyl (C=O) groups is 2. The SMILES string of the molecule is COc1cc(-c2ccc(C(=O)N3CCC(F)(F)CC3)cn2)cc2cc(CNC(=O)/C=C/c3ccc(N)nc3)oc12. The van der Waals surface area contributed by atoms with Crippen LogP contribution < -0.4 is 15.8 Å². The van der Waals surface area contributed by atoms with E-state index in [0.717, 1.165) is 16.5 Å². The van der Waals surface area contributed by atoms with Crippen LogP contribution in [0.4, 0.5) is 14.6 Å². The third-order valence-electron chi connectivity index (χ3n) is 6.61. The number of nitrogens with one attached hydrogen (secondary N) is 1. The highest BCUT2D eigenvalue weighted by Gasteiger charge is 2.35. The molecule has 5 rings (SSSR count). The van der Waals surface area contributed by atoms with Crippen LogP contribution in [0, 0.1) is 0 Å². The van der Waals surface area contributed by atoms with Gasteiger partial charge < -0.3 is 25.1 Å². The van der Waals surface area contributed by atoms with Crippen molar-refractivity contribution >= 4 is 34.7 Å². The molecule has 0 unspecified atom stereocenters. The molecule has 1 aliphatic rings. The second-order valence-corrected chi connectivity index (χ2v) is 9.46. The Hall–Kier alpha value is -4.80. The predicted octanol–water partition coefficient (Wildman–Crippen LogP) is 4.68. The van der Waals surface area contributed by atoms with E-state index in [1.165, 1.54) is 24.3 Å². The molecule has 0 spiro atoms. The van der Waals surface area contributed by atoms with Crippen LogP contribution in [0.1, 0.15) is 34.5 Å². The number of pyridine rings is 2. The number of aromatic nitrogens is 2. The van der Waals surface area contributed by atoms with Crippen molar-refractivity contribution < 1.29 is 27.5 Å². The van der Waals surface area contributed by atoms with Crippen molar-refractivity contribution in [3.63, 3.8) is 0 Å². The number of alkyl halides is 2. The van der Waals surface area contributed by atoms with E-state index >= 15 is 0 Å². The lowest BCUT2D eigenvalue weighted by Crippen LogP contribution is -2.42. The fraction of sp³-hybridized carbons (Fsp3) is 0.241. The van der Waals surface area contributed by atoms with Crippen LogP contribution in [0.3, 0.4) is 0 Å². The molecule has 0 radical (unpaired) electrons. The number of piperidine rings is 1. The Labute approximate surface area is 228 Å². The van der Waals surface area contributed by atoms with Gasteiger partial charge in [-0.25, -0.2) is 13.8 Å². The van der Waals surface area contributed by atoms with E-state index in [9.17, 15) is 18.4 Å². The van der Waals surface area contributed by atoms with Gasteiger partial charge in [-0.05, 0) is 54.1 Å². The lowest BCUT2D eigenvalue weighted by Gasteiger charge is -2.31. The quantitative estimate of drug-likeness (QED) is 0.322. The summed E-state index contributed by atoms with van der Waals surface area (Å²) in [4.78, 5) is 34.8. The second-order valence-electron chi connectivity index (χ2n) is 9.46. The van der Waals surface area contributed by atoms with E-state index in [-0.39, 0.29) is 44.3 Å². The highest BCUT2D eigenvalue weighted by atomic mass is 19.3. The molecule has 0 atom stereocenters. The molecule has 9 nitrogen and oxygen atoms in total. The number of amides is 2. The molecule has 0 bridgehead atoms. The van der Waals surface area contributed by atoms with Crippen LogP contribution in [0.15, 0.2) is 65.4 Å². The Bertz CT molecular complexity index is 1560. The van der Waals surface area contributed by atoms with E-state index in [1.807, 2.05) is 6.07 Å². The summed E-state index contributed by atoms with van der Waals surface area (Å²) in [6.45, 7) is 0.190. The molecule has 3 aromatic heterocycles. The van der Waals surface area contributed by atoms with E-state index < -0.39 is 5.92 Å². The molecule has 1 aromatic carbocycles. The number of furan rings is 1. The van der Waals surface area contributed by atoms with Gasteiger partial charge >= 0.3 is 0 Å². The van der Waals surface area contributed by atoms with E-state index in [2.05, 4.69) is 15.3 Å². The van der Waals surface area contributed by atoms with Crippen LogP contribution in [-0.4, -0.2) is 52.8 Å². The van der Waals surface area contributed by atoms with Gasteiger partial charge in [0.2, 0.25) is 5.91 Å². The number of benzene rings is 1. The van der Waals surface area contributed by atoms with Crippen LogP contribution in [0.5, 0.6) is 5.75 Å². The number of carbonyl (C=O) groups excluding carboxylic acids is 2. The van der Waals surface area contributed by atoms with Crippen molar-refractivity contribution in [3.05, 3.63) is 77.8 Å². The zero-order valence-corrected chi connectivity index (χ0v) is 21.7. The molecule has 11 heteroatoms. The first-order valence-electron chi connectivity index (χ1n) is 12.6. The summed E-state index contributed by atoms with van der Waals surface area (Å²) in [5, 5.41) is 3.53. The van der Waals surface area contributed by atoms with E-state index in [1.54, 1.807) is 48.7 Å². The number of nitrogen functional groups attached to an aromatic ring is 1. The van der Waals surface area contributed by atoms with Gasteiger partial charge in [0, 0.05) is 55.4 Å². The lowest BCUT2D eigenvalue weighted by molar-refractivity contribution is -0.116. The number of halogens is 2. The molecule has 1 aliphatic heterocycles. The van der Waals surface area contributed by atoms with Gasteiger partial charge in [0.25, 0.3) is 11.8 Å². The summed E-state index contributed by atoms with van der Waals surface area (Å²) < 4.78 is 38.3. The summed E-state index contributed by atoms with van der Waals surface area (Å²) in [5.74, 6) is -1.93. The number of nitrogens with zero attached hydrogens (tertiary/aromatic N) is 3. The summed E-state index contributed by atoms with van der Waals surface area (Å²) in [6.07, 6.45) is 5.38. The first-order chi connectivity index (χ1) is 19.2. The molecule has 1 saturated heterocycles. The van der Waals surface area contributed by atoms with Crippen LogP contribution in [0.25, 0.3) is 28.3 Å². The molecule has 1 fully saturated rings. The zero-order chi connectivity index (χ0) is 28.3. The molecule has 4 heterocycles. The summed E-state index contributed by atoms with van der Waals surface area (Å²) >= 11 is 0. The highest BCUT2D eigenvalue weighted by molar-refractivity contribution is 5.95. The number of anilines is 1. The second kappa shape index (κ2) is 11.1. The molecule has 0 aliphatic carbocycles. The van der Waals surface area contributed by atoms with Crippen LogP contribution in [-0.2, 0) is 11.3 Å². The summed E-state index contributed by atoms with van der Waals surface area (Å²) in [6, 6.07) is 12.2. The summed E-state index contributed by atoms with van der Waals surface area (Å²) in [7, 11) is 1.52. The molecule has 206 valence electrons. The number of fused-ring (bicyclic) bond motifs is 1. The monoisotopic (exact) mass is 547 g/mol. The Morgan fingerprint density at radius 2 is 1.93 bits per heavy atom. The van der Waals surface area contributed by atoms with Crippen molar-refractivity contribution in [2.75, 3.05) is 25.9 Å². The fourth-order valence-corrected chi connectivity index (χ4v) is 4.39. The zero-order valence-electron chi connectivity index (χ0n) is 21.7. The Morgan fingerprint density at radius 1 is 1.12 bits per heavy atom. The highest BCUT2D eigenvalue weighted by Crippen LogP contribution is 2.34. The van der Waals surface area contributed by atoms with Crippen molar-refractivity contribution in [2.24, 2.45) is 0 Å². The number of hydrogen-bond acceptors (Lipinski definition) is 7. The predicted molar refractivity (Wildman–Crippen MR) is 146 cm³/mol. The molecule has 4 aromatic rings. The molecular weight excluding hydrogens is 520 g/mol. The van der Waals surface area contributed by atoms with E-state index in [4.69, 9.17) is 14.9 Å². The molecular formula is C29H27F2N5O4. The van der Waals surface area contributed by atoms with Crippen molar-refractivity contribution in [1.29, 1.82) is 0 Å². The largest absolute Gasteiger partial charge is 0.493 e. The maximum Gasteiger partial charge on any atom is 0.255 e. The van der Waals surface area contributed by atoms with Crippen molar-refractivity contribution in [3.8, 4) is 17.0 Å². The van der Waals surface area contributed by atoms with Gasteiger partial charge in [0.15, 0.2) is 11.3 Å². The van der Waals surface area contributed by atoms with Crippen LogP contribution in [0.2, 0.25) is 0 Å². The number of nitrogens with two attached hydrogens (primary N) is 1. The molecule has 3 N–H and O–H groups in total. The van der Waals surface area contributed by atoms with Gasteiger partial charge in [-0.15, -0.1) is 0 Å². The number of ether oxygens (including phenoxy) is 1. The number of likely N-dealkylation sites (tertiary alicyclic amines) is 1. The fourth-order valence-electron chi connectivity index (χ4n) is 4.39. The van der Waals surface area contributed by atoms with Crippen molar-refractivity contribution in [2.45, 2.75) is 25.3 Å². The topological polar surface area (TPSA) is 124 Å². The van der Waals surface area contributed by atoms with Crippen molar-refractivity contribution in [1.82, 2.24) is 20.2 Å². The molecule has 2 amide bonds. The average Bonchev–Trinajstić information content (AvgIpc) is 3.38. The van der Waals surface area contributed by atoms with Gasteiger partial charge in [-0.3, -0.25) is 14.6 Å². The maximum atomic E-state index is 13.4. The van der Waals surface area contributed by atoms with Gasteiger partial charge in [0.1, 0.15) is 11.6 Å².